The van der Waals surface area contributed by atoms with E-state index in [1.165, 1.54) is 25.7 Å². The fourth-order valence-corrected chi connectivity index (χ4v) is 2.27. The third-order valence-electron chi connectivity index (χ3n) is 3.09. The van der Waals surface area contributed by atoms with Gasteiger partial charge in [-0.05, 0) is 19.3 Å². The molecule has 0 saturated heterocycles. The second-order valence-corrected chi connectivity index (χ2v) is 4.44. The summed E-state index contributed by atoms with van der Waals surface area (Å²) < 4.78 is 5.20. The largest absolute Gasteiger partial charge is 0.392 e. The lowest BCUT2D eigenvalue weighted by atomic mass is 10.0. The van der Waals surface area contributed by atoms with Crippen LogP contribution in [0.4, 0.5) is 0 Å². The molecule has 0 aromatic heterocycles. The summed E-state index contributed by atoms with van der Waals surface area (Å²) >= 11 is 0. The lowest BCUT2D eigenvalue weighted by molar-refractivity contribution is 0.125. The van der Waals surface area contributed by atoms with Crippen LogP contribution in [0.25, 0.3) is 0 Å². The fraction of sp³-hybridized carbons (Fsp3) is 1.00. The molecule has 1 unspecified atom stereocenters. The van der Waals surface area contributed by atoms with Crippen LogP contribution in [0.1, 0.15) is 39.0 Å². The van der Waals surface area contributed by atoms with Gasteiger partial charge in [0.2, 0.25) is 0 Å². The Morgan fingerprint density at radius 2 is 2.13 bits per heavy atom. The predicted molar refractivity (Wildman–Crippen MR) is 61.9 cm³/mol. The van der Waals surface area contributed by atoms with Crippen molar-refractivity contribution in [2.75, 3.05) is 26.3 Å². The zero-order chi connectivity index (χ0) is 10.9. The summed E-state index contributed by atoms with van der Waals surface area (Å²) in [5, 5.41) is 13.0. The molecular weight excluding hydrogens is 190 g/mol. The molecule has 1 atom stereocenters. The number of hydrogen-bond acceptors (Lipinski definition) is 3. The molecule has 0 amide bonds. The molecule has 0 bridgehead atoms. The Morgan fingerprint density at radius 1 is 1.40 bits per heavy atom. The van der Waals surface area contributed by atoms with E-state index < -0.39 is 0 Å². The van der Waals surface area contributed by atoms with E-state index >= 15 is 0 Å². The van der Waals surface area contributed by atoms with Gasteiger partial charge in [0, 0.05) is 19.7 Å². The molecule has 1 fully saturated rings. The smallest absolute Gasteiger partial charge is 0.0667 e. The zero-order valence-electron chi connectivity index (χ0n) is 9.87. The summed E-state index contributed by atoms with van der Waals surface area (Å²) in [6.45, 7) is 5.06. The SMILES string of the molecule is CCOCCNCC(O)CC1CCCC1. The first-order valence-electron chi connectivity index (χ1n) is 6.29. The van der Waals surface area contributed by atoms with Crippen LogP contribution in [-0.2, 0) is 4.74 Å². The number of rotatable bonds is 8. The quantitative estimate of drug-likeness (QED) is 0.604. The van der Waals surface area contributed by atoms with Crippen LogP contribution in [0.2, 0.25) is 0 Å². The standard InChI is InChI=1S/C12H25NO2/c1-2-15-8-7-13-10-12(14)9-11-5-3-4-6-11/h11-14H,2-10H2,1H3. The maximum atomic E-state index is 9.76. The molecule has 0 radical (unpaired) electrons. The van der Waals surface area contributed by atoms with Gasteiger partial charge >= 0.3 is 0 Å². The minimum absolute atomic E-state index is 0.172. The molecule has 1 aliphatic carbocycles. The highest BCUT2D eigenvalue weighted by molar-refractivity contribution is 4.72. The minimum atomic E-state index is -0.172. The first-order chi connectivity index (χ1) is 7.33. The van der Waals surface area contributed by atoms with Gasteiger partial charge in [-0.25, -0.2) is 0 Å². The van der Waals surface area contributed by atoms with Crippen molar-refractivity contribution >= 4 is 0 Å². The van der Waals surface area contributed by atoms with E-state index in [2.05, 4.69) is 5.32 Å². The van der Waals surface area contributed by atoms with Crippen molar-refractivity contribution in [1.82, 2.24) is 5.32 Å². The van der Waals surface area contributed by atoms with Gasteiger partial charge in [0.1, 0.15) is 0 Å². The van der Waals surface area contributed by atoms with E-state index in [0.29, 0.717) is 6.54 Å². The zero-order valence-corrected chi connectivity index (χ0v) is 9.87. The molecule has 1 aliphatic rings. The average Bonchev–Trinajstić information content (AvgIpc) is 2.70. The van der Waals surface area contributed by atoms with E-state index in [1.807, 2.05) is 6.92 Å². The first kappa shape index (κ1) is 12.9. The number of hydrogen-bond donors (Lipinski definition) is 2. The normalized spacial score (nSPS) is 19.6. The lowest BCUT2D eigenvalue weighted by Gasteiger charge is -2.15. The highest BCUT2D eigenvalue weighted by atomic mass is 16.5. The molecule has 3 heteroatoms. The van der Waals surface area contributed by atoms with E-state index in [4.69, 9.17) is 4.74 Å². The number of nitrogens with one attached hydrogen (secondary N) is 1. The first-order valence-corrected chi connectivity index (χ1v) is 6.29. The molecule has 90 valence electrons. The summed E-state index contributed by atoms with van der Waals surface area (Å²) in [6, 6.07) is 0. The van der Waals surface area contributed by atoms with E-state index in [1.54, 1.807) is 0 Å². The molecule has 0 aromatic rings. The van der Waals surface area contributed by atoms with Crippen molar-refractivity contribution < 1.29 is 9.84 Å². The molecule has 0 aromatic carbocycles. The summed E-state index contributed by atoms with van der Waals surface area (Å²) in [6.07, 6.45) is 6.15. The minimum Gasteiger partial charge on any atom is -0.392 e. The summed E-state index contributed by atoms with van der Waals surface area (Å²) in [7, 11) is 0. The number of aliphatic hydroxyl groups is 1. The van der Waals surface area contributed by atoms with Crippen molar-refractivity contribution in [3.8, 4) is 0 Å². The Balaban J connectivity index is 1.91. The second kappa shape index (κ2) is 8.08. The highest BCUT2D eigenvalue weighted by Gasteiger charge is 2.18. The van der Waals surface area contributed by atoms with Gasteiger partial charge in [-0.2, -0.15) is 0 Å². The van der Waals surface area contributed by atoms with Crippen LogP contribution in [0.5, 0.6) is 0 Å². The van der Waals surface area contributed by atoms with Crippen LogP contribution >= 0.6 is 0 Å². The number of aliphatic hydroxyl groups excluding tert-OH is 1. The second-order valence-electron chi connectivity index (χ2n) is 4.44. The van der Waals surface area contributed by atoms with Crippen LogP contribution in [-0.4, -0.2) is 37.5 Å². The van der Waals surface area contributed by atoms with Crippen LogP contribution < -0.4 is 5.32 Å². The maximum Gasteiger partial charge on any atom is 0.0667 e. The van der Waals surface area contributed by atoms with Crippen molar-refractivity contribution in [3.05, 3.63) is 0 Å². The van der Waals surface area contributed by atoms with E-state index in [-0.39, 0.29) is 6.10 Å². The van der Waals surface area contributed by atoms with Crippen molar-refractivity contribution in [3.63, 3.8) is 0 Å². The van der Waals surface area contributed by atoms with Gasteiger partial charge in [-0.3, -0.25) is 0 Å². The van der Waals surface area contributed by atoms with E-state index in [0.717, 1.165) is 32.1 Å². The van der Waals surface area contributed by atoms with Crippen molar-refractivity contribution in [2.45, 2.75) is 45.1 Å². The van der Waals surface area contributed by atoms with Gasteiger partial charge in [0.15, 0.2) is 0 Å². The third kappa shape index (κ3) is 6.13. The van der Waals surface area contributed by atoms with Gasteiger partial charge in [0.05, 0.1) is 12.7 Å². The number of ether oxygens (including phenoxy) is 1. The van der Waals surface area contributed by atoms with Crippen LogP contribution in [0.3, 0.4) is 0 Å². The van der Waals surface area contributed by atoms with Gasteiger partial charge in [0.25, 0.3) is 0 Å². The Labute approximate surface area is 93.2 Å². The molecule has 15 heavy (non-hydrogen) atoms. The molecule has 2 N–H and O–H groups in total. The molecule has 1 rings (SSSR count). The summed E-state index contributed by atoms with van der Waals surface area (Å²) in [4.78, 5) is 0. The molecule has 0 aliphatic heterocycles. The average molecular weight is 215 g/mol. The Kier molecular flexibility index (Phi) is 6.98. The predicted octanol–water partition coefficient (Wildman–Crippen LogP) is 1.55. The Hall–Kier alpha value is -0.120. The molecule has 0 heterocycles. The topological polar surface area (TPSA) is 41.5 Å². The Bertz CT molecular complexity index is 147. The Morgan fingerprint density at radius 3 is 2.80 bits per heavy atom. The summed E-state index contributed by atoms with van der Waals surface area (Å²) in [5.74, 6) is 0.772. The van der Waals surface area contributed by atoms with Crippen LogP contribution in [0.15, 0.2) is 0 Å². The lowest BCUT2D eigenvalue weighted by Crippen LogP contribution is -2.30. The summed E-state index contributed by atoms with van der Waals surface area (Å²) in [5.41, 5.74) is 0. The fourth-order valence-electron chi connectivity index (χ4n) is 2.27. The van der Waals surface area contributed by atoms with Gasteiger partial charge in [-0.1, -0.05) is 25.7 Å². The van der Waals surface area contributed by atoms with Crippen LogP contribution in [0, 0.1) is 5.92 Å². The maximum absolute atomic E-state index is 9.76. The molecule has 3 nitrogen and oxygen atoms in total. The van der Waals surface area contributed by atoms with E-state index in [9.17, 15) is 5.11 Å². The monoisotopic (exact) mass is 215 g/mol. The third-order valence-corrected chi connectivity index (χ3v) is 3.09. The van der Waals surface area contributed by atoms with Gasteiger partial charge < -0.3 is 15.2 Å². The highest BCUT2D eigenvalue weighted by Crippen LogP contribution is 2.28. The molecular formula is C12H25NO2. The van der Waals surface area contributed by atoms with Crippen molar-refractivity contribution in [1.29, 1.82) is 0 Å². The molecule has 1 saturated carbocycles. The molecule has 0 spiro atoms. The van der Waals surface area contributed by atoms with Gasteiger partial charge in [-0.15, -0.1) is 0 Å². The van der Waals surface area contributed by atoms with Crippen molar-refractivity contribution in [2.24, 2.45) is 5.92 Å².